The first-order chi connectivity index (χ1) is 7.08. The number of ether oxygens (including phenoxy) is 1. The molecular formula is C13H18O2. The summed E-state index contributed by atoms with van der Waals surface area (Å²) in [7, 11) is 0. The van der Waals surface area contributed by atoms with Crippen LogP contribution >= 0.6 is 0 Å². The Morgan fingerprint density at radius 2 is 2.13 bits per heavy atom. The molecule has 3 aliphatic rings. The summed E-state index contributed by atoms with van der Waals surface area (Å²) in [4.78, 5) is 11.3. The van der Waals surface area contributed by atoms with E-state index < -0.39 is 0 Å². The molecular weight excluding hydrogens is 188 g/mol. The smallest absolute Gasteiger partial charge is 0.306 e. The molecule has 2 aliphatic carbocycles. The van der Waals surface area contributed by atoms with E-state index in [4.69, 9.17) is 4.74 Å². The van der Waals surface area contributed by atoms with Gasteiger partial charge in [0, 0.05) is 5.92 Å². The third-order valence-corrected chi connectivity index (χ3v) is 4.30. The summed E-state index contributed by atoms with van der Waals surface area (Å²) in [6.45, 7) is 4.60. The van der Waals surface area contributed by atoms with Gasteiger partial charge < -0.3 is 4.74 Å². The molecule has 3 rings (SSSR count). The minimum Gasteiger partial charge on any atom is -0.457 e. The van der Waals surface area contributed by atoms with Gasteiger partial charge in [-0.2, -0.15) is 0 Å². The van der Waals surface area contributed by atoms with Crippen LogP contribution < -0.4 is 0 Å². The molecule has 1 aliphatic heterocycles. The summed E-state index contributed by atoms with van der Waals surface area (Å²) in [6.07, 6.45) is 5.70. The van der Waals surface area contributed by atoms with E-state index in [0.717, 1.165) is 6.42 Å². The number of esters is 1. The number of fused-ring (bicyclic) bond motifs is 2. The maximum atomic E-state index is 11.3. The number of hydrogen-bond acceptors (Lipinski definition) is 2. The van der Waals surface area contributed by atoms with E-state index in [2.05, 4.69) is 13.8 Å². The van der Waals surface area contributed by atoms with Gasteiger partial charge in [0.15, 0.2) is 0 Å². The molecule has 0 bridgehead atoms. The van der Waals surface area contributed by atoms with Crippen molar-refractivity contribution in [2.24, 2.45) is 11.3 Å². The quantitative estimate of drug-likeness (QED) is 0.450. The molecule has 0 radical (unpaired) electrons. The Morgan fingerprint density at radius 1 is 1.33 bits per heavy atom. The normalized spacial score (nSPS) is 37.6. The summed E-state index contributed by atoms with van der Waals surface area (Å²) >= 11 is 0. The van der Waals surface area contributed by atoms with Crippen LogP contribution in [0, 0.1) is 11.3 Å². The Kier molecular flexibility index (Phi) is 1.80. The molecule has 0 aromatic carbocycles. The van der Waals surface area contributed by atoms with Crippen molar-refractivity contribution in [1.29, 1.82) is 0 Å². The van der Waals surface area contributed by atoms with E-state index in [1.165, 1.54) is 24.8 Å². The molecule has 2 nitrogen and oxygen atoms in total. The van der Waals surface area contributed by atoms with Crippen molar-refractivity contribution in [2.45, 2.75) is 52.1 Å². The minimum absolute atomic E-state index is 0.0120. The zero-order valence-electron chi connectivity index (χ0n) is 9.51. The van der Waals surface area contributed by atoms with Crippen molar-refractivity contribution in [3.05, 3.63) is 11.1 Å². The molecule has 0 N–H and O–H groups in total. The number of carbonyl (C=O) groups is 1. The van der Waals surface area contributed by atoms with Gasteiger partial charge in [0.25, 0.3) is 0 Å². The van der Waals surface area contributed by atoms with E-state index in [9.17, 15) is 4.79 Å². The lowest BCUT2D eigenvalue weighted by atomic mass is 9.72. The van der Waals surface area contributed by atoms with E-state index in [1.807, 2.05) is 0 Å². The van der Waals surface area contributed by atoms with Gasteiger partial charge in [-0.15, -0.1) is 0 Å². The monoisotopic (exact) mass is 206 g/mol. The lowest BCUT2D eigenvalue weighted by molar-refractivity contribution is -0.140. The minimum atomic E-state index is 0.0120. The zero-order valence-corrected chi connectivity index (χ0v) is 9.51. The molecule has 1 fully saturated rings. The molecule has 0 aromatic rings. The second kappa shape index (κ2) is 2.87. The molecule has 0 amide bonds. The van der Waals surface area contributed by atoms with Crippen molar-refractivity contribution in [1.82, 2.24) is 0 Å². The molecule has 1 saturated heterocycles. The molecule has 2 atom stereocenters. The third kappa shape index (κ3) is 1.27. The van der Waals surface area contributed by atoms with Crippen molar-refractivity contribution in [3.8, 4) is 0 Å². The second-order valence-corrected chi connectivity index (χ2v) is 5.83. The average molecular weight is 206 g/mol. The van der Waals surface area contributed by atoms with E-state index in [0.29, 0.717) is 12.3 Å². The van der Waals surface area contributed by atoms with E-state index in [-0.39, 0.29) is 17.5 Å². The Hall–Kier alpha value is -0.790. The van der Waals surface area contributed by atoms with Crippen LogP contribution in [0.5, 0.6) is 0 Å². The fourth-order valence-electron chi connectivity index (χ4n) is 3.69. The van der Waals surface area contributed by atoms with E-state index in [1.54, 1.807) is 5.57 Å². The van der Waals surface area contributed by atoms with Crippen LogP contribution in [-0.4, -0.2) is 12.1 Å². The van der Waals surface area contributed by atoms with Crippen LogP contribution in [0.2, 0.25) is 0 Å². The van der Waals surface area contributed by atoms with Gasteiger partial charge in [0.1, 0.15) is 6.10 Å². The van der Waals surface area contributed by atoms with Gasteiger partial charge in [-0.05, 0) is 36.7 Å². The fourth-order valence-corrected chi connectivity index (χ4v) is 3.69. The Labute approximate surface area is 90.7 Å². The van der Waals surface area contributed by atoms with Gasteiger partial charge >= 0.3 is 5.97 Å². The zero-order chi connectivity index (χ0) is 10.6. The van der Waals surface area contributed by atoms with Crippen LogP contribution in [0.4, 0.5) is 0 Å². The highest BCUT2D eigenvalue weighted by atomic mass is 16.6. The van der Waals surface area contributed by atoms with E-state index >= 15 is 0 Å². The summed E-state index contributed by atoms with van der Waals surface area (Å²) in [5, 5.41) is 0. The molecule has 15 heavy (non-hydrogen) atoms. The maximum absolute atomic E-state index is 11.3. The number of hydrogen-bond donors (Lipinski definition) is 0. The van der Waals surface area contributed by atoms with Crippen LogP contribution in [0.1, 0.15) is 46.0 Å². The SMILES string of the molecule is CC1(C)CCCC2=C1[C@@H]1OC(=O)C[C@@H]1C2. The first-order valence-corrected chi connectivity index (χ1v) is 6.00. The van der Waals surface area contributed by atoms with Crippen LogP contribution in [0.25, 0.3) is 0 Å². The number of rotatable bonds is 0. The Bertz CT molecular complexity index is 352. The highest BCUT2D eigenvalue weighted by Crippen LogP contribution is 2.53. The maximum Gasteiger partial charge on any atom is 0.306 e. The highest BCUT2D eigenvalue weighted by Gasteiger charge is 2.49. The van der Waals surface area contributed by atoms with Gasteiger partial charge in [0.05, 0.1) is 6.42 Å². The second-order valence-electron chi connectivity index (χ2n) is 5.83. The summed E-state index contributed by atoms with van der Waals surface area (Å²) in [6, 6.07) is 0. The summed E-state index contributed by atoms with van der Waals surface area (Å²) < 4.78 is 5.49. The molecule has 0 saturated carbocycles. The topological polar surface area (TPSA) is 26.3 Å². The molecule has 0 unspecified atom stereocenters. The van der Waals surface area contributed by atoms with Crippen molar-refractivity contribution < 1.29 is 9.53 Å². The predicted molar refractivity (Wildman–Crippen MR) is 57.3 cm³/mol. The molecule has 0 spiro atoms. The average Bonchev–Trinajstić information content (AvgIpc) is 2.58. The van der Waals surface area contributed by atoms with Gasteiger partial charge in [-0.1, -0.05) is 19.4 Å². The molecule has 0 aromatic heterocycles. The molecule has 1 heterocycles. The fraction of sp³-hybridized carbons (Fsp3) is 0.769. The highest BCUT2D eigenvalue weighted by molar-refractivity contribution is 5.73. The largest absolute Gasteiger partial charge is 0.457 e. The number of carbonyl (C=O) groups excluding carboxylic acids is 1. The van der Waals surface area contributed by atoms with Crippen molar-refractivity contribution in [3.63, 3.8) is 0 Å². The predicted octanol–water partition coefficient (Wildman–Crippen LogP) is 2.83. The molecule has 82 valence electrons. The van der Waals surface area contributed by atoms with Crippen LogP contribution in [-0.2, 0) is 9.53 Å². The summed E-state index contributed by atoms with van der Waals surface area (Å²) in [5.41, 5.74) is 3.34. The lowest BCUT2D eigenvalue weighted by Gasteiger charge is -2.34. The van der Waals surface area contributed by atoms with Crippen molar-refractivity contribution in [2.75, 3.05) is 0 Å². The summed E-state index contributed by atoms with van der Waals surface area (Å²) in [5.74, 6) is 0.484. The Morgan fingerprint density at radius 3 is 2.93 bits per heavy atom. The molecule has 2 heteroatoms. The first-order valence-electron chi connectivity index (χ1n) is 6.00. The van der Waals surface area contributed by atoms with Gasteiger partial charge in [-0.25, -0.2) is 0 Å². The van der Waals surface area contributed by atoms with Gasteiger partial charge in [-0.3, -0.25) is 4.79 Å². The first kappa shape index (κ1) is 9.44. The van der Waals surface area contributed by atoms with Crippen molar-refractivity contribution >= 4 is 5.97 Å². The number of allylic oxidation sites excluding steroid dienone is 1. The van der Waals surface area contributed by atoms with Crippen LogP contribution in [0.15, 0.2) is 11.1 Å². The van der Waals surface area contributed by atoms with Crippen LogP contribution in [0.3, 0.4) is 0 Å². The Balaban J connectivity index is 1.99. The third-order valence-electron chi connectivity index (χ3n) is 4.30. The van der Waals surface area contributed by atoms with Gasteiger partial charge in [0.2, 0.25) is 0 Å². The lowest BCUT2D eigenvalue weighted by Crippen LogP contribution is -2.27. The standard InChI is InChI=1S/C13H18O2/c1-13(2)5-3-4-8-6-9-7-10(14)15-12(9)11(8)13/h9,12H,3-7H2,1-2H3/t9-,12+/m0/s1.